The van der Waals surface area contributed by atoms with Gasteiger partial charge in [0.05, 0.1) is 19.0 Å². The number of amides is 1. The molecular weight excluding hydrogens is 274 g/mol. The highest BCUT2D eigenvalue weighted by Crippen LogP contribution is 2.50. The average molecular weight is 290 g/mol. The molecule has 1 saturated heterocycles. The van der Waals surface area contributed by atoms with Crippen molar-refractivity contribution in [2.24, 2.45) is 5.92 Å². The van der Waals surface area contributed by atoms with E-state index in [1.807, 2.05) is 0 Å². The van der Waals surface area contributed by atoms with Crippen LogP contribution in [0.25, 0.3) is 0 Å². The Balaban J connectivity index is 2.16. The van der Waals surface area contributed by atoms with Crippen LogP contribution < -0.4 is 14.6 Å². The van der Waals surface area contributed by atoms with E-state index >= 15 is 0 Å². The van der Waals surface area contributed by atoms with Gasteiger partial charge in [-0.2, -0.15) is 0 Å². The first-order valence-electron chi connectivity index (χ1n) is 6.73. The number of aliphatic carboxylic acids is 1. The van der Waals surface area contributed by atoms with Gasteiger partial charge in [-0.15, -0.1) is 0 Å². The van der Waals surface area contributed by atoms with E-state index in [-0.39, 0.29) is 0 Å². The number of fused-ring (bicyclic) bond motifs is 4. The number of rotatable bonds is 2. The van der Waals surface area contributed by atoms with E-state index in [0.717, 1.165) is 0 Å². The SMILES string of the molecule is COc1ccc2c(c1)[C@@H]1C[C@](C)(O2)N(C)C(=O)[C@H]1C(=O)[O-]. The third-order valence-corrected chi connectivity index (χ3v) is 4.51. The maximum Gasteiger partial charge on any atom is 0.234 e. The summed E-state index contributed by atoms with van der Waals surface area (Å²) in [6.07, 6.45) is 0.411. The molecule has 1 aromatic carbocycles. The summed E-state index contributed by atoms with van der Waals surface area (Å²) >= 11 is 0. The number of piperidine rings is 1. The molecule has 0 saturated carbocycles. The van der Waals surface area contributed by atoms with Gasteiger partial charge >= 0.3 is 0 Å². The highest BCUT2D eigenvalue weighted by Gasteiger charge is 2.53. The van der Waals surface area contributed by atoms with Gasteiger partial charge < -0.3 is 24.3 Å². The van der Waals surface area contributed by atoms with Gasteiger partial charge in [-0.1, -0.05) is 0 Å². The molecule has 0 aliphatic carbocycles. The summed E-state index contributed by atoms with van der Waals surface area (Å²) in [5.41, 5.74) is -0.155. The molecule has 2 aliphatic rings. The van der Waals surface area contributed by atoms with Gasteiger partial charge in [-0.25, -0.2) is 0 Å². The van der Waals surface area contributed by atoms with Crippen molar-refractivity contribution >= 4 is 11.9 Å². The molecule has 0 radical (unpaired) electrons. The van der Waals surface area contributed by atoms with Crippen LogP contribution in [0.2, 0.25) is 0 Å². The number of carboxylic acid groups (broad SMARTS) is 1. The molecule has 2 bridgehead atoms. The Bertz CT molecular complexity index is 628. The Hall–Kier alpha value is -2.24. The molecule has 6 heteroatoms. The summed E-state index contributed by atoms with van der Waals surface area (Å²) in [7, 11) is 3.09. The predicted molar refractivity (Wildman–Crippen MR) is 70.7 cm³/mol. The summed E-state index contributed by atoms with van der Waals surface area (Å²) in [6, 6.07) is 5.22. The van der Waals surface area contributed by atoms with Gasteiger partial charge in [-0.05, 0) is 25.1 Å². The van der Waals surface area contributed by atoms with Crippen molar-refractivity contribution in [2.45, 2.75) is 25.0 Å². The quantitative estimate of drug-likeness (QED) is 0.723. The van der Waals surface area contributed by atoms with Crippen LogP contribution in [-0.2, 0) is 9.59 Å². The highest BCUT2D eigenvalue weighted by molar-refractivity contribution is 5.98. The third-order valence-electron chi connectivity index (χ3n) is 4.51. The van der Waals surface area contributed by atoms with E-state index in [4.69, 9.17) is 9.47 Å². The molecule has 1 fully saturated rings. The van der Waals surface area contributed by atoms with Crippen molar-refractivity contribution in [3.05, 3.63) is 23.8 Å². The number of hydrogen-bond donors (Lipinski definition) is 0. The summed E-state index contributed by atoms with van der Waals surface area (Å²) in [4.78, 5) is 25.2. The lowest BCUT2D eigenvalue weighted by Gasteiger charge is -2.52. The van der Waals surface area contributed by atoms with Gasteiger partial charge in [0.2, 0.25) is 5.91 Å². The smallest absolute Gasteiger partial charge is 0.234 e. The summed E-state index contributed by atoms with van der Waals surface area (Å²) < 4.78 is 11.1. The van der Waals surface area contributed by atoms with Gasteiger partial charge in [0, 0.05) is 24.9 Å². The number of ether oxygens (including phenoxy) is 2. The molecule has 112 valence electrons. The molecular formula is C15H16NO5-. The Morgan fingerprint density at radius 3 is 2.86 bits per heavy atom. The standard InChI is InChI=1S/C15H17NO5/c1-15-7-10(12(14(18)19)13(17)16(15)2)9-6-8(20-3)4-5-11(9)21-15/h4-6,10,12H,7H2,1-3H3,(H,18,19)/p-1/t10-,12-,15-/m0/s1. The number of nitrogens with zero attached hydrogens (tertiary/aromatic N) is 1. The Morgan fingerprint density at radius 2 is 2.24 bits per heavy atom. The predicted octanol–water partition coefficient (Wildman–Crippen LogP) is 0.116. The summed E-state index contributed by atoms with van der Waals surface area (Å²) in [5, 5.41) is 11.4. The first kappa shape index (κ1) is 13.7. The zero-order valence-electron chi connectivity index (χ0n) is 12.1. The van der Waals surface area contributed by atoms with Crippen LogP contribution in [0.4, 0.5) is 0 Å². The molecule has 21 heavy (non-hydrogen) atoms. The van der Waals surface area contributed by atoms with Crippen molar-refractivity contribution < 1.29 is 24.2 Å². The normalized spacial score (nSPS) is 30.4. The van der Waals surface area contributed by atoms with E-state index in [2.05, 4.69) is 0 Å². The maximum absolute atomic E-state index is 12.3. The largest absolute Gasteiger partial charge is 0.549 e. The molecule has 0 spiro atoms. The molecule has 1 amide bonds. The Kier molecular flexibility index (Phi) is 2.86. The molecule has 6 nitrogen and oxygen atoms in total. The lowest BCUT2D eigenvalue weighted by molar-refractivity contribution is -0.313. The first-order valence-corrected chi connectivity index (χ1v) is 6.73. The zero-order chi connectivity index (χ0) is 15.4. The first-order chi connectivity index (χ1) is 9.87. The van der Waals surface area contributed by atoms with Gasteiger partial charge in [0.1, 0.15) is 11.5 Å². The Labute approximate surface area is 122 Å². The molecule has 1 aromatic rings. The number of benzene rings is 1. The number of hydrogen-bond acceptors (Lipinski definition) is 5. The number of carbonyl (C=O) groups excluding carboxylic acids is 2. The van der Waals surface area contributed by atoms with Crippen molar-refractivity contribution in [1.29, 1.82) is 0 Å². The van der Waals surface area contributed by atoms with E-state index < -0.39 is 29.4 Å². The topological polar surface area (TPSA) is 78.9 Å². The molecule has 0 unspecified atom stereocenters. The van der Waals surface area contributed by atoms with Crippen LogP contribution in [-0.4, -0.2) is 36.7 Å². The highest BCUT2D eigenvalue weighted by atomic mass is 16.5. The number of carbonyl (C=O) groups is 2. The minimum Gasteiger partial charge on any atom is -0.549 e. The van der Waals surface area contributed by atoms with Gasteiger partial charge in [0.15, 0.2) is 5.72 Å². The fourth-order valence-electron chi connectivity index (χ4n) is 3.21. The molecule has 2 aliphatic heterocycles. The van der Waals surface area contributed by atoms with Crippen molar-refractivity contribution in [1.82, 2.24) is 4.90 Å². The number of carboxylic acids is 1. The monoisotopic (exact) mass is 290 g/mol. The fraction of sp³-hybridized carbons (Fsp3) is 0.467. The van der Waals surface area contributed by atoms with Crippen molar-refractivity contribution in [3.8, 4) is 11.5 Å². The van der Waals surface area contributed by atoms with Crippen molar-refractivity contribution in [3.63, 3.8) is 0 Å². The second kappa shape index (κ2) is 4.38. The maximum atomic E-state index is 12.3. The second-order valence-electron chi connectivity index (χ2n) is 5.69. The second-order valence-corrected chi connectivity index (χ2v) is 5.69. The van der Waals surface area contributed by atoms with Gasteiger partial charge in [0.25, 0.3) is 0 Å². The Morgan fingerprint density at radius 1 is 1.52 bits per heavy atom. The van der Waals surface area contributed by atoms with Crippen LogP contribution in [0.15, 0.2) is 18.2 Å². The van der Waals surface area contributed by atoms with Crippen molar-refractivity contribution in [2.75, 3.05) is 14.2 Å². The molecule has 0 aromatic heterocycles. The van der Waals surface area contributed by atoms with E-state index in [9.17, 15) is 14.7 Å². The third kappa shape index (κ3) is 1.86. The summed E-state index contributed by atoms with van der Waals surface area (Å²) in [6.45, 7) is 1.79. The minimum atomic E-state index is -1.35. The number of likely N-dealkylation sites (tertiary alicyclic amines) is 1. The lowest BCUT2D eigenvalue weighted by atomic mass is 9.74. The molecule has 3 rings (SSSR count). The minimum absolute atomic E-state index is 0.411. The average Bonchev–Trinajstić information content (AvgIpc) is 2.44. The van der Waals surface area contributed by atoms with Crippen LogP contribution in [0.3, 0.4) is 0 Å². The number of methoxy groups -OCH3 is 1. The van der Waals surface area contributed by atoms with E-state index in [0.29, 0.717) is 23.5 Å². The van der Waals surface area contributed by atoms with Crippen LogP contribution in [0, 0.1) is 5.92 Å². The van der Waals surface area contributed by atoms with E-state index in [1.54, 1.807) is 32.2 Å². The molecule has 2 heterocycles. The zero-order valence-corrected chi connectivity index (χ0v) is 12.1. The van der Waals surface area contributed by atoms with Crippen LogP contribution in [0.5, 0.6) is 11.5 Å². The van der Waals surface area contributed by atoms with Crippen LogP contribution in [0.1, 0.15) is 24.8 Å². The molecule has 0 N–H and O–H groups in total. The van der Waals surface area contributed by atoms with Crippen LogP contribution >= 0.6 is 0 Å². The fourth-order valence-corrected chi connectivity index (χ4v) is 3.21. The molecule has 3 atom stereocenters. The lowest BCUT2D eigenvalue weighted by Crippen LogP contribution is -2.63. The summed E-state index contributed by atoms with van der Waals surface area (Å²) in [5.74, 6) is -2.32. The van der Waals surface area contributed by atoms with Gasteiger partial charge in [-0.3, -0.25) is 4.79 Å². The van der Waals surface area contributed by atoms with E-state index in [1.165, 1.54) is 12.0 Å².